The van der Waals surface area contributed by atoms with Crippen molar-refractivity contribution >= 4 is 18.1 Å². The van der Waals surface area contributed by atoms with Gasteiger partial charge in [0.15, 0.2) is 0 Å². The maximum atomic E-state index is 12.5. The monoisotopic (exact) mass is 419 g/mol. The minimum absolute atomic E-state index is 0.347. The molecule has 0 aliphatic carbocycles. The molecule has 7 heteroatoms. The molecule has 1 aromatic heterocycles. The molecule has 0 aliphatic rings. The third-order valence-corrected chi connectivity index (χ3v) is 4.99. The molecule has 0 spiro atoms. The lowest BCUT2D eigenvalue weighted by molar-refractivity contribution is 0.0600. The SMILES string of the molecule is COC(=O)c1ccc(-n2c(C)cc(/C=N\NC(=O)c3ccc(C)cc3OC)c2C)cc1. The van der Waals surface area contributed by atoms with Gasteiger partial charge in [0.25, 0.3) is 5.91 Å². The minimum atomic E-state index is -0.374. The summed E-state index contributed by atoms with van der Waals surface area (Å²) in [5, 5.41) is 4.12. The van der Waals surface area contributed by atoms with Crippen LogP contribution in [0.1, 0.15) is 43.2 Å². The number of hydrogen-bond donors (Lipinski definition) is 1. The number of hydrogen-bond acceptors (Lipinski definition) is 5. The Morgan fingerprint density at radius 2 is 1.71 bits per heavy atom. The number of rotatable bonds is 6. The number of hydrazone groups is 1. The Kier molecular flexibility index (Phi) is 6.55. The van der Waals surface area contributed by atoms with Gasteiger partial charge in [0.1, 0.15) is 5.75 Å². The molecule has 1 N–H and O–H groups in total. The summed E-state index contributed by atoms with van der Waals surface area (Å²) in [5.74, 6) is -0.220. The number of aryl methyl sites for hydroxylation is 2. The number of ether oxygens (including phenoxy) is 2. The molecule has 0 atom stereocenters. The van der Waals surface area contributed by atoms with Crippen LogP contribution in [-0.2, 0) is 4.74 Å². The summed E-state index contributed by atoms with van der Waals surface area (Å²) in [5.41, 5.74) is 8.19. The van der Waals surface area contributed by atoms with Crippen LogP contribution >= 0.6 is 0 Å². The van der Waals surface area contributed by atoms with Crippen molar-refractivity contribution in [1.29, 1.82) is 0 Å². The van der Waals surface area contributed by atoms with Crippen LogP contribution in [0, 0.1) is 20.8 Å². The number of nitrogens with one attached hydrogen (secondary N) is 1. The van der Waals surface area contributed by atoms with E-state index in [9.17, 15) is 9.59 Å². The molecule has 0 aliphatic heterocycles. The lowest BCUT2D eigenvalue weighted by atomic mass is 10.1. The smallest absolute Gasteiger partial charge is 0.337 e. The van der Waals surface area contributed by atoms with Crippen LogP contribution < -0.4 is 10.2 Å². The van der Waals surface area contributed by atoms with Crippen LogP contribution in [0.3, 0.4) is 0 Å². The zero-order valence-corrected chi connectivity index (χ0v) is 18.2. The fraction of sp³-hybridized carbons (Fsp3) is 0.208. The van der Waals surface area contributed by atoms with Gasteiger partial charge in [-0.3, -0.25) is 4.79 Å². The fourth-order valence-corrected chi connectivity index (χ4v) is 3.39. The summed E-state index contributed by atoms with van der Waals surface area (Å²) < 4.78 is 12.1. The summed E-state index contributed by atoms with van der Waals surface area (Å²) in [6, 6.07) is 14.5. The summed E-state index contributed by atoms with van der Waals surface area (Å²) in [7, 11) is 2.89. The second kappa shape index (κ2) is 9.30. The Morgan fingerprint density at radius 3 is 2.35 bits per heavy atom. The molecule has 1 heterocycles. The molecule has 31 heavy (non-hydrogen) atoms. The van der Waals surface area contributed by atoms with Crippen molar-refractivity contribution in [3.05, 3.63) is 82.2 Å². The molecule has 0 bridgehead atoms. The van der Waals surface area contributed by atoms with Gasteiger partial charge in [-0.05, 0) is 68.8 Å². The van der Waals surface area contributed by atoms with Crippen molar-refractivity contribution in [3.63, 3.8) is 0 Å². The second-order valence-corrected chi connectivity index (χ2v) is 7.10. The first-order valence-electron chi connectivity index (χ1n) is 9.71. The molecule has 1 amide bonds. The van der Waals surface area contributed by atoms with Gasteiger partial charge in [-0.25, -0.2) is 10.2 Å². The van der Waals surface area contributed by atoms with Gasteiger partial charge in [-0.15, -0.1) is 0 Å². The zero-order valence-electron chi connectivity index (χ0n) is 18.2. The maximum absolute atomic E-state index is 12.5. The van der Waals surface area contributed by atoms with Gasteiger partial charge >= 0.3 is 5.97 Å². The first-order valence-corrected chi connectivity index (χ1v) is 9.71. The molecule has 3 aromatic rings. The van der Waals surface area contributed by atoms with Gasteiger partial charge in [-0.2, -0.15) is 5.10 Å². The third kappa shape index (κ3) is 4.66. The zero-order chi connectivity index (χ0) is 22.5. The molecule has 160 valence electrons. The molecule has 0 unspecified atom stereocenters. The van der Waals surface area contributed by atoms with Gasteiger partial charge < -0.3 is 14.0 Å². The lowest BCUT2D eigenvalue weighted by Gasteiger charge is -2.10. The molecule has 7 nitrogen and oxygen atoms in total. The highest BCUT2D eigenvalue weighted by Gasteiger charge is 2.13. The summed E-state index contributed by atoms with van der Waals surface area (Å²) in [4.78, 5) is 24.1. The number of methoxy groups -OCH3 is 2. The Bertz CT molecular complexity index is 1140. The number of esters is 1. The third-order valence-electron chi connectivity index (χ3n) is 4.99. The second-order valence-electron chi connectivity index (χ2n) is 7.10. The van der Waals surface area contributed by atoms with E-state index in [1.54, 1.807) is 30.5 Å². The first kappa shape index (κ1) is 21.8. The highest BCUT2D eigenvalue weighted by Crippen LogP contribution is 2.21. The highest BCUT2D eigenvalue weighted by atomic mass is 16.5. The van der Waals surface area contributed by atoms with Gasteiger partial charge in [-0.1, -0.05) is 6.07 Å². The largest absolute Gasteiger partial charge is 0.496 e. The average Bonchev–Trinajstić information content (AvgIpc) is 3.06. The molecular weight excluding hydrogens is 394 g/mol. The van der Waals surface area contributed by atoms with Gasteiger partial charge in [0.2, 0.25) is 0 Å². The van der Waals surface area contributed by atoms with E-state index in [2.05, 4.69) is 10.5 Å². The maximum Gasteiger partial charge on any atom is 0.337 e. The van der Waals surface area contributed by atoms with Crippen molar-refractivity contribution in [3.8, 4) is 11.4 Å². The normalized spacial score (nSPS) is 10.9. The summed E-state index contributed by atoms with van der Waals surface area (Å²) in [6.45, 7) is 5.88. The predicted molar refractivity (Wildman–Crippen MR) is 119 cm³/mol. The van der Waals surface area contributed by atoms with Crippen molar-refractivity contribution in [2.24, 2.45) is 5.10 Å². The standard InChI is InChI=1S/C24H25N3O4/c1-15-6-11-21(22(12-15)30-4)23(28)26-25-14-19-13-16(2)27(17(19)3)20-9-7-18(8-10-20)24(29)31-5/h6-14H,1-5H3,(H,26,28)/b25-14-. The number of aromatic nitrogens is 1. The van der Waals surface area contributed by atoms with Crippen molar-refractivity contribution in [1.82, 2.24) is 9.99 Å². The van der Waals surface area contributed by atoms with Gasteiger partial charge in [0.05, 0.1) is 31.6 Å². The van der Waals surface area contributed by atoms with E-state index in [0.29, 0.717) is 16.9 Å². The van der Waals surface area contributed by atoms with E-state index in [-0.39, 0.29) is 11.9 Å². The van der Waals surface area contributed by atoms with Crippen LogP contribution in [0.4, 0.5) is 0 Å². The van der Waals surface area contributed by atoms with E-state index in [1.165, 1.54) is 14.2 Å². The quantitative estimate of drug-likeness (QED) is 0.372. The number of carbonyl (C=O) groups excluding carboxylic acids is 2. The Morgan fingerprint density at radius 1 is 1.00 bits per heavy atom. The molecule has 0 fully saturated rings. The fourth-order valence-electron chi connectivity index (χ4n) is 3.39. The molecule has 3 rings (SSSR count). The molecule has 0 saturated carbocycles. The van der Waals surface area contributed by atoms with E-state index in [4.69, 9.17) is 9.47 Å². The van der Waals surface area contributed by atoms with Crippen LogP contribution in [0.15, 0.2) is 53.6 Å². The van der Waals surface area contributed by atoms with Crippen LogP contribution in [0.25, 0.3) is 5.69 Å². The number of amides is 1. The average molecular weight is 419 g/mol. The Hall–Kier alpha value is -3.87. The van der Waals surface area contributed by atoms with Crippen molar-refractivity contribution in [2.45, 2.75) is 20.8 Å². The van der Waals surface area contributed by atoms with Crippen LogP contribution in [-0.4, -0.2) is 36.9 Å². The van der Waals surface area contributed by atoms with Crippen LogP contribution in [0.5, 0.6) is 5.75 Å². The number of benzene rings is 2. The highest BCUT2D eigenvalue weighted by molar-refractivity contribution is 5.97. The van der Waals surface area contributed by atoms with Gasteiger partial charge in [0, 0.05) is 22.6 Å². The van der Waals surface area contributed by atoms with E-state index in [1.807, 2.05) is 49.6 Å². The van der Waals surface area contributed by atoms with E-state index in [0.717, 1.165) is 28.2 Å². The molecule has 2 aromatic carbocycles. The summed E-state index contributed by atoms with van der Waals surface area (Å²) >= 11 is 0. The van der Waals surface area contributed by atoms with Crippen molar-refractivity contribution in [2.75, 3.05) is 14.2 Å². The van der Waals surface area contributed by atoms with Crippen molar-refractivity contribution < 1.29 is 19.1 Å². The molecule has 0 saturated heterocycles. The van der Waals surface area contributed by atoms with E-state index >= 15 is 0 Å². The first-order chi connectivity index (χ1) is 14.8. The number of nitrogens with zero attached hydrogens (tertiary/aromatic N) is 2. The minimum Gasteiger partial charge on any atom is -0.496 e. The Balaban J connectivity index is 1.78. The van der Waals surface area contributed by atoms with Crippen LogP contribution in [0.2, 0.25) is 0 Å². The number of carbonyl (C=O) groups is 2. The molecule has 0 radical (unpaired) electrons. The topological polar surface area (TPSA) is 81.9 Å². The summed E-state index contributed by atoms with van der Waals surface area (Å²) in [6.07, 6.45) is 1.61. The molecular formula is C24H25N3O4. The Labute approximate surface area is 181 Å². The van der Waals surface area contributed by atoms with E-state index < -0.39 is 0 Å². The lowest BCUT2D eigenvalue weighted by Crippen LogP contribution is -2.18. The predicted octanol–water partition coefficient (Wildman–Crippen LogP) is 3.96.